The van der Waals surface area contributed by atoms with Crippen LogP contribution in [0.2, 0.25) is 0 Å². The number of piperidine rings is 1. The molecule has 2 fully saturated rings. The Bertz CT molecular complexity index is 620. The maximum Gasteiger partial charge on any atom is 0.317 e. The third kappa shape index (κ3) is 4.24. The van der Waals surface area contributed by atoms with Gasteiger partial charge in [-0.2, -0.15) is 0 Å². The Hall–Kier alpha value is -2.24. The minimum atomic E-state index is -0.0359. The standard InChI is InChI=1S/C19H27N3O3/c1-25-17-8-3-2-6-15(17)10-11-20-19(24)21-12-4-7-16(14-21)22-13-5-9-18(22)23/h2-3,6,8,16H,4-5,7,9-14H2,1H3,(H,20,24)/t16-/m1/s1. The number of urea groups is 1. The molecule has 2 saturated heterocycles. The van der Waals surface area contributed by atoms with Crippen LogP contribution in [0.25, 0.3) is 0 Å². The largest absolute Gasteiger partial charge is 0.496 e. The minimum absolute atomic E-state index is 0.0359. The Morgan fingerprint density at radius 1 is 1.28 bits per heavy atom. The molecule has 2 aliphatic heterocycles. The van der Waals surface area contributed by atoms with Crippen LogP contribution in [-0.2, 0) is 11.2 Å². The van der Waals surface area contributed by atoms with Crippen LogP contribution in [0.15, 0.2) is 24.3 Å². The van der Waals surface area contributed by atoms with Crippen LogP contribution in [0, 0.1) is 0 Å². The first-order valence-corrected chi connectivity index (χ1v) is 9.13. The fraction of sp³-hybridized carbons (Fsp3) is 0.579. The van der Waals surface area contributed by atoms with Crippen molar-refractivity contribution in [2.75, 3.05) is 33.3 Å². The molecular weight excluding hydrogens is 318 g/mol. The van der Waals surface area contributed by atoms with E-state index in [0.29, 0.717) is 19.5 Å². The zero-order chi connectivity index (χ0) is 17.6. The number of carbonyl (C=O) groups excluding carboxylic acids is 2. The van der Waals surface area contributed by atoms with Gasteiger partial charge in [-0.15, -0.1) is 0 Å². The molecule has 0 saturated carbocycles. The molecule has 0 unspecified atom stereocenters. The Labute approximate surface area is 149 Å². The third-order valence-corrected chi connectivity index (χ3v) is 5.10. The van der Waals surface area contributed by atoms with Crippen LogP contribution in [0.1, 0.15) is 31.2 Å². The molecule has 6 heteroatoms. The number of hydrogen-bond acceptors (Lipinski definition) is 3. The fourth-order valence-corrected chi connectivity index (χ4v) is 3.77. The smallest absolute Gasteiger partial charge is 0.317 e. The van der Waals surface area contributed by atoms with Crippen molar-refractivity contribution in [3.8, 4) is 5.75 Å². The highest BCUT2D eigenvalue weighted by molar-refractivity contribution is 5.79. The van der Waals surface area contributed by atoms with Crippen molar-refractivity contribution in [2.24, 2.45) is 0 Å². The molecule has 1 N–H and O–H groups in total. The summed E-state index contributed by atoms with van der Waals surface area (Å²) in [7, 11) is 1.66. The second-order valence-corrected chi connectivity index (χ2v) is 6.73. The van der Waals surface area contributed by atoms with Crippen molar-refractivity contribution in [2.45, 2.75) is 38.1 Å². The molecule has 1 aromatic rings. The van der Waals surface area contributed by atoms with E-state index in [0.717, 1.165) is 50.1 Å². The van der Waals surface area contributed by atoms with Crippen LogP contribution in [-0.4, -0.2) is 61.1 Å². The van der Waals surface area contributed by atoms with Gasteiger partial charge in [0.15, 0.2) is 0 Å². The van der Waals surface area contributed by atoms with Gasteiger partial charge in [0.1, 0.15) is 5.75 Å². The van der Waals surface area contributed by atoms with E-state index in [9.17, 15) is 9.59 Å². The zero-order valence-corrected chi connectivity index (χ0v) is 14.9. The number of rotatable bonds is 5. The minimum Gasteiger partial charge on any atom is -0.496 e. The van der Waals surface area contributed by atoms with Crippen molar-refractivity contribution in [3.05, 3.63) is 29.8 Å². The van der Waals surface area contributed by atoms with Gasteiger partial charge in [-0.25, -0.2) is 4.79 Å². The third-order valence-electron chi connectivity index (χ3n) is 5.10. The van der Waals surface area contributed by atoms with Gasteiger partial charge in [0.2, 0.25) is 5.91 Å². The lowest BCUT2D eigenvalue weighted by Crippen LogP contribution is -2.52. The van der Waals surface area contributed by atoms with Crippen LogP contribution in [0.3, 0.4) is 0 Å². The van der Waals surface area contributed by atoms with E-state index in [2.05, 4.69) is 5.32 Å². The van der Waals surface area contributed by atoms with Crippen LogP contribution in [0.4, 0.5) is 4.79 Å². The summed E-state index contributed by atoms with van der Waals surface area (Å²) in [6.07, 6.45) is 4.28. The molecule has 0 spiro atoms. The number of nitrogens with one attached hydrogen (secondary N) is 1. The molecular formula is C19H27N3O3. The van der Waals surface area contributed by atoms with Gasteiger partial charge in [-0.3, -0.25) is 4.79 Å². The quantitative estimate of drug-likeness (QED) is 0.888. The van der Waals surface area contributed by atoms with E-state index in [1.54, 1.807) is 7.11 Å². The number of para-hydroxylation sites is 1. The summed E-state index contributed by atoms with van der Waals surface area (Å²) in [5.41, 5.74) is 1.09. The molecule has 2 aliphatic rings. The molecule has 2 heterocycles. The number of benzene rings is 1. The number of likely N-dealkylation sites (tertiary alicyclic amines) is 2. The highest BCUT2D eigenvalue weighted by Gasteiger charge is 2.32. The molecule has 136 valence electrons. The van der Waals surface area contributed by atoms with Crippen molar-refractivity contribution >= 4 is 11.9 Å². The van der Waals surface area contributed by atoms with Crippen molar-refractivity contribution in [3.63, 3.8) is 0 Å². The van der Waals surface area contributed by atoms with Crippen LogP contribution in [0.5, 0.6) is 5.75 Å². The summed E-state index contributed by atoms with van der Waals surface area (Å²) >= 11 is 0. The SMILES string of the molecule is COc1ccccc1CCNC(=O)N1CCC[C@@H](N2CCCC2=O)C1. The lowest BCUT2D eigenvalue weighted by atomic mass is 10.0. The number of hydrogen-bond donors (Lipinski definition) is 1. The Morgan fingerprint density at radius 2 is 2.12 bits per heavy atom. The van der Waals surface area contributed by atoms with Crippen molar-refractivity contribution < 1.29 is 14.3 Å². The molecule has 6 nitrogen and oxygen atoms in total. The van der Waals surface area contributed by atoms with Gasteiger partial charge in [0.25, 0.3) is 0 Å². The maximum atomic E-state index is 12.5. The predicted octanol–water partition coefficient (Wildman–Crippen LogP) is 2.03. The number of nitrogens with zero attached hydrogens (tertiary/aromatic N) is 2. The highest BCUT2D eigenvalue weighted by atomic mass is 16.5. The second kappa shape index (κ2) is 8.23. The summed E-state index contributed by atoms with van der Waals surface area (Å²) in [5, 5.41) is 3.00. The Balaban J connectivity index is 1.48. The molecule has 3 rings (SSSR count). The molecule has 0 aliphatic carbocycles. The van der Waals surface area contributed by atoms with Crippen molar-refractivity contribution in [1.29, 1.82) is 0 Å². The van der Waals surface area contributed by atoms with Gasteiger partial charge >= 0.3 is 6.03 Å². The zero-order valence-electron chi connectivity index (χ0n) is 14.9. The lowest BCUT2D eigenvalue weighted by Gasteiger charge is -2.37. The summed E-state index contributed by atoms with van der Waals surface area (Å²) in [6, 6.07) is 8.01. The van der Waals surface area contributed by atoms with E-state index in [4.69, 9.17) is 4.74 Å². The lowest BCUT2D eigenvalue weighted by molar-refractivity contribution is -0.130. The average molecular weight is 345 g/mol. The topological polar surface area (TPSA) is 61.9 Å². The average Bonchev–Trinajstić information content (AvgIpc) is 3.08. The van der Waals surface area contributed by atoms with Crippen LogP contribution >= 0.6 is 0 Å². The van der Waals surface area contributed by atoms with E-state index < -0.39 is 0 Å². The van der Waals surface area contributed by atoms with Gasteiger partial charge in [0, 0.05) is 38.6 Å². The number of methoxy groups -OCH3 is 1. The normalized spacial score (nSPS) is 20.7. The summed E-state index contributed by atoms with van der Waals surface area (Å²) in [6.45, 7) is 2.82. The van der Waals surface area contributed by atoms with Gasteiger partial charge in [0.05, 0.1) is 7.11 Å². The predicted molar refractivity (Wildman–Crippen MR) is 95.6 cm³/mol. The number of amides is 3. The molecule has 25 heavy (non-hydrogen) atoms. The first kappa shape index (κ1) is 17.6. The first-order valence-electron chi connectivity index (χ1n) is 9.13. The molecule has 1 aromatic carbocycles. The summed E-state index contributed by atoms with van der Waals surface area (Å²) in [4.78, 5) is 28.2. The molecule has 3 amide bonds. The van der Waals surface area contributed by atoms with E-state index in [1.807, 2.05) is 34.1 Å². The van der Waals surface area contributed by atoms with Gasteiger partial charge in [-0.05, 0) is 37.3 Å². The first-order chi connectivity index (χ1) is 12.2. The second-order valence-electron chi connectivity index (χ2n) is 6.73. The summed E-state index contributed by atoms with van der Waals surface area (Å²) in [5.74, 6) is 1.09. The number of ether oxygens (including phenoxy) is 1. The van der Waals surface area contributed by atoms with Gasteiger partial charge < -0.3 is 19.9 Å². The highest BCUT2D eigenvalue weighted by Crippen LogP contribution is 2.21. The molecule has 0 bridgehead atoms. The van der Waals surface area contributed by atoms with Gasteiger partial charge in [-0.1, -0.05) is 18.2 Å². The Kier molecular flexibility index (Phi) is 5.79. The van der Waals surface area contributed by atoms with E-state index >= 15 is 0 Å². The van der Waals surface area contributed by atoms with Crippen molar-refractivity contribution in [1.82, 2.24) is 15.1 Å². The van der Waals surface area contributed by atoms with E-state index in [-0.39, 0.29) is 18.0 Å². The monoisotopic (exact) mass is 345 g/mol. The number of carbonyl (C=O) groups is 2. The maximum absolute atomic E-state index is 12.5. The molecule has 1 atom stereocenters. The molecule has 0 radical (unpaired) electrons. The van der Waals surface area contributed by atoms with E-state index in [1.165, 1.54) is 0 Å². The van der Waals surface area contributed by atoms with Crippen LogP contribution < -0.4 is 10.1 Å². The fourth-order valence-electron chi connectivity index (χ4n) is 3.77. The molecule has 0 aromatic heterocycles. The Morgan fingerprint density at radius 3 is 2.88 bits per heavy atom. The summed E-state index contributed by atoms with van der Waals surface area (Å²) < 4.78 is 5.34.